The van der Waals surface area contributed by atoms with E-state index in [1.54, 1.807) is 6.92 Å². The number of halogens is 3. The lowest BCUT2D eigenvalue weighted by Crippen LogP contribution is -2.61. The number of rotatable bonds is 5. The second-order valence-corrected chi connectivity index (χ2v) is 9.19. The number of ether oxygens (including phenoxy) is 1. The first-order chi connectivity index (χ1) is 15.7. The molecule has 1 aliphatic carbocycles. The van der Waals surface area contributed by atoms with E-state index in [1.165, 1.54) is 17.4 Å². The van der Waals surface area contributed by atoms with Gasteiger partial charge in [-0.1, -0.05) is 19.3 Å². The van der Waals surface area contributed by atoms with Crippen LogP contribution in [0, 0.1) is 0 Å². The van der Waals surface area contributed by atoms with Crippen LogP contribution in [0.4, 0.5) is 24.5 Å². The van der Waals surface area contributed by atoms with E-state index in [0.717, 1.165) is 50.9 Å². The molecule has 1 atom stereocenters. The van der Waals surface area contributed by atoms with E-state index < -0.39 is 23.7 Å². The third-order valence-corrected chi connectivity index (χ3v) is 7.03. The summed E-state index contributed by atoms with van der Waals surface area (Å²) in [6.45, 7) is 5.30. The lowest BCUT2D eigenvalue weighted by molar-refractivity contribution is -0.137. The second-order valence-electron chi connectivity index (χ2n) is 9.19. The Morgan fingerprint density at radius 1 is 1.21 bits per heavy atom. The van der Waals surface area contributed by atoms with Crippen molar-refractivity contribution in [1.29, 1.82) is 0 Å². The van der Waals surface area contributed by atoms with Crippen LogP contribution in [-0.4, -0.2) is 67.7 Å². The molecule has 0 aromatic heterocycles. The van der Waals surface area contributed by atoms with Crippen LogP contribution < -0.4 is 15.5 Å². The minimum absolute atomic E-state index is 0.00121. The van der Waals surface area contributed by atoms with Crippen molar-refractivity contribution in [3.63, 3.8) is 0 Å². The summed E-state index contributed by atoms with van der Waals surface area (Å²) in [6, 6.07) is 2.47. The number of carbonyl (C=O) groups excluding carboxylic acids is 2. The quantitative estimate of drug-likeness (QED) is 0.695. The van der Waals surface area contributed by atoms with E-state index in [9.17, 15) is 22.8 Å². The summed E-state index contributed by atoms with van der Waals surface area (Å²) in [5.41, 5.74) is -0.623. The molecule has 1 aromatic rings. The van der Waals surface area contributed by atoms with Gasteiger partial charge in [-0.15, -0.1) is 0 Å². The lowest BCUT2D eigenvalue weighted by Gasteiger charge is -2.48. The van der Waals surface area contributed by atoms with Gasteiger partial charge < -0.3 is 15.4 Å². The molecule has 0 spiro atoms. The number of morpholine rings is 1. The Bertz CT molecular complexity index is 880. The first-order valence-corrected chi connectivity index (χ1v) is 11.6. The number of fused-ring (bicyclic) bond motifs is 1. The van der Waals surface area contributed by atoms with Crippen LogP contribution in [0.15, 0.2) is 18.2 Å². The van der Waals surface area contributed by atoms with Crippen LogP contribution in [0.25, 0.3) is 0 Å². The number of hydrogen-bond acceptors (Lipinski definition) is 5. The van der Waals surface area contributed by atoms with Gasteiger partial charge in [-0.2, -0.15) is 13.2 Å². The van der Waals surface area contributed by atoms with Gasteiger partial charge in [-0.3, -0.25) is 19.4 Å². The van der Waals surface area contributed by atoms with Crippen LogP contribution in [-0.2, 0) is 20.5 Å². The van der Waals surface area contributed by atoms with Crippen molar-refractivity contribution in [3.05, 3.63) is 23.8 Å². The van der Waals surface area contributed by atoms with Gasteiger partial charge in [-0.25, -0.2) is 0 Å². The summed E-state index contributed by atoms with van der Waals surface area (Å²) < 4.78 is 44.8. The highest BCUT2D eigenvalue weighted by atomic mass is 19.4. The number of carbonyl (C=O) groups is 2. The molecule has 10 heteroatoms. The summed E-state index contributed by atoms with van der Waals surface area (Å²) in [5, 5.41) is 5.84. The molecule has 1 saturated heterocycles. The van der Waals surface area contributed by atoms with Crippen LogP contribution in [0.3, 0.4) is 0 Å². The minimum atomic E-state index is -4.53. The maximum atomic E-state index is 13.3. The zero-order valence-electron chi connectivity index (χ0n) is 18.8. The number of nitrogens with zero attached hydrogens (tertiary/aromatic N) is 2. The molecule has 3 aliphatic rings. The largest absolute Gasteiger partial charge is 0.416 e. The van der Waals surface area contributed by atoms with Gasteiger partial charge in [0.15, 0.2) is 0 Å². The van der Waals surface area contributed by atoms with Gasteiger partial charge in [-0.05, 0) is 38.0 Å². The Balaban J connectivity index is 1.48. The van der Waals surface area contributed by atoms with Gasteiger partial charge in [0, 0.05) is 25.2 Å². The third-order valence-electron chi connectivity index (χ3n) is 7.03. The lowest BCUT2D eigenvalue weighted by atomic mass is 9.79. The molecular weight excluding hydrogens is 437 g/mol. The average Bonchev–Trinajstić information content (AvgIpc) is 2.81. The number of benzene rings is 1. The summed E-state index contributed by atoms with van der Waals surface area (Å²) in [4.78, 5) is 29.2. The molecule has 2 amide bonds. The number of nitrogens with one attached hydrogen (secondary N) is 2. The molecule has 4 rings (SSSR count). The van der Waals surface area contributed by atoms with E-state index in [0.29, 0.717) is 19.8 Å². The molecule has 2 heterocycles. The van der Waals surface area contributed by atoms with Crippen LogP contribution in [0.5, 0.6) is 0 Å². The van der Waals surface area contributed by atoms with Crippen molar-refractivity contribution < 1.29 is 27.5 Å². The molecule has 2 fully saturated rings. The fourth-order valence-corrected chi connectivity index (χ4v) is 5.18. The molecule has 2 N–H and O–H groups in total. The molecule has 2 aliphatic heterocycles. The summed E-state index contributed by atoms with van der Waals surface area (Å²) in [7, 11) is 0. The first-order valence-electron chi connectivity index (χ1n) is 11.6. The van der Waals surface area contributed by atoms with E-state index >= 15 is 0 Å². The Labute approximate surface area is 191 Å². The van der Waals surface area contributed by atoms with Gasteiger partial charge >= 0.3 is 6.18 Å². The number of anilines is 2. The zero-order valence-corrected chi connectivity index (χ0v) is 18.8. The molecule has 0 bridgehead atoms. The molecule has 1 saturated carbocycles. The van der Waals surface area contributed by atoms with Gasteiger partial charge in [0.25, 0.3) is 0 Å². The topological polar surface area (TPSA) is 73.9 Å². The predicted octanol–water partition coefficient (Wildman–Crippen LogP) is 3.00. The standard InChI is InChI=1S/C23H31F3N4O3/c1-16(27-15-22(7-3-2-4-8-22)29-9-11-33-12-10-29)21(32)30-14-20(31)28-18-13-17(23(24,25)26)5-6-19(18)30/h5-6,13,16,27H,2-4,7-12,14-15H2,1H3,(H,28,31). The zero-order chi connectivity index (χ0) is 23.6. The Kier molecular flexibility index (Phi) is 6.97. The molecule has 1 unspecified atom stereocenters. The second kappa shape index (κ2) is 9.60. The Morgan fingerprint density at radius 2 is 1.91 bits per heavy atom. The van der Waals surface area contributed by atoms with Crippen LogP contribution in [0.2, 0.25) is 0 Å². The maximum absolute atomic E-state index is 13.3. The SMILES string of the molecule is CC(NCC1(N2CCOCC2)CCCCC1)C(=O)N1CC(=O)Nc2cc(C(F)(F)F)ccc21. The Hall–Kier alpha value is -2.17. The molecule has 7 nitrogen and oxygen atoms in total. The predicted molar refractivity (Wildman–Crippen MR) is 118 cm³/mol. The normalized spacial score (nSPS) is 22.4. The van der Waals surface area contributed by atoms with E-state index in [1.807, 2.05) is 0 Å². The minimum Gasteiger partial charge on any atom is -0.379 e. The molecule has 182 valence electrons. The third kappa shape index (κ3) is 5.17. The van der Waals surface area contributed by atoms with Crippen molar-refractivity contribution in [2.75, 3.05) is 49.6 Å². The van der Waals surface area contributed by atoms with Crippen molar-refractivity contribution in [2.24, 2.45) is 0 Å². The average molecular weight is 469 g/mol. The number of amides is 2. The van der Waals surface area contributed by atoms with Crippen molar-refractivity contribution in [2.45, 2.75) is 56.8 Å². The highest BCUT2D eigenvalue weighted by Gasteiger charge is 2.40. The van der Waals surface area contributed by atoms with Crippen molar-refractivity contribution in [3.8, 4) is 0 Å². The molecule has 1 aromatic carbocycles. The maximum Gasteiger partial charge on any atom is 0.416 e. The van der Waals surface area contributed by atoms with Crippen LogP contribution >= 0.6 is 0 Å². The molecular formula is C23H31F3N4O3. The van der Waals surface area contributed by atoms with Crippen molar-refractivity contribution >= 4 is 23.2 Å². The fourth-order valence-electron chi connectivity index (χ4n) is 5.18. The summed E-state index contributed by atoms with van der Waals surface area (Å²) >= 11 is 0. The molecule has 33 heavy (non-hydrogen) atoms. The van der Waals surface area contributed by atoms with E-state index in [-0.39, 0.29) is 29.4 Å². The van der Waals surface area contributed by atoms with Gasteiger partial charge in [0.1, 0.15) is 6.54 Å². The molecule has 0 radical (unpaired) electrons. The Morgan fingerprint density at radius 3 is 2.58 bits per heavy atom. The van der Waals surface area contributed by atoms with Crippen molar-refractivity contribution in [1.82, 2.24) is 10.2 Å². The highest BCUT2D eigenvalue weighted by Crippen LogP contribution is 2.37. The first kappa shape index (κ1) is 24.0. The smallest absolute Gasteiger partial charge is 0.379 e. The van der Waals surface area contributed by atoms with Gasteiger partial charge in [0.05, 0.1) is 36.2 Å². The summed E-state index contributed by atoms with van der Waals surface area (Å²) in [5.74, 6) is -0.849. The fraction of sp³-hybridized carbons (Fsp3) is 0.652. The van der Waals surface area contributed by atoms with E-state index in [2.05, 4.69) is 15.5 Å². The van der Waals surface area contributed by atoms with Crippen LogP contribution in [0.1, 0.15) is 44.6 Å². The van der Waals surface area contributed by atoms with E-state index in [4.69, 9.17) is 4.74 Å². The van der Waals surface area contributed by atoms with Gasteiger partial charge in [0.2, 0.25) is 11.8 Å². The number of hydrogen-bond donors (Lipinski definition) is 2. The summed E-state index contributed by atoms with van der Waals surface area (Å²) in [6.07, 6.45) is 1.06. The number of alkyl halides is 3. The highest BCUT2D eigenvalue weighted by molar-refractivity contribution is 6.11. The monoisotopic (exact) mass is 468 g/mol.